The zero-order valence-corrected chi connectivity index (χ0v) is 24.7. The number of H-pyrrole nitrogens is 1. The number of aliphatic hydroxyl groups excluding tert-OH is 2. The summed E-state index contributed by atoms with van der Waals surface area (Å²) in [5.74, 6) is -0.760. The topological polar surface area (TPSA) is 322 Å². The number of phosphoric acid groups is 2. The van der Waals surface area contributed by atoms with Crippen molar-refractivity contribution in [2.45, 2.75) is 49.1 Å². The number of nitrogens with zero attached hydrogens (tertiary/aromatic N) is 5. The Morgan fingerprint density at radius 2 is 1.61 bits per heavy atom. The molecule has 4 aliphatic rings. The minimum atomic E-state index is -5.33. The highest BCUT2D eigenvalue weighted by Gasteiger charge is 2.53. The van der Waals surface area contributed by atoms with Gasteiger partial charge in [0.05, 0.1) is 25.9 Å². The second kappa shape index (κ2) is 11.0. The molecule has 3 aromatic heterocycles. The number of phosphoric ester groups is 2. The number of aromatic nitrogens is 6. The predicted octanol–water partition coefficient (Wildman–Crippen LogP) is -2.87. The summed E-state index contributed by atoms with van der Waals surface area (Å²) in [5, 5.41) is 27.4. The first-order chi connectivity index (χ1) is 21.7. The number of amides is 1. The van der Waals surface area contributed by atoms with Crippen LogP contribution in [-0.4, -0.2) is 99.9 Å². The molecule has 8 N–H and O–H groups in total. The molecule has 0 radical (unpaired) electrons. The van der Waals surface area contributed by atoms with Gasteiger partial charge in [0.15, 0.2) is 29.3 Å². The number of hydrogen-bond acceptors (Lipinski definition) is 18. The molecule has 248 valence electrons. The van der Waals surface area contributed by atoms with E-state index < -0.39 is 89.4 Å². The summed E-state index contributed by atoms with van der Waals surface area (Å²) in [5.41, 5.74) is 4.53. The van der Waals surface area contributed by atoms with E-state index in [4.69, 9.17) is 33.3 Å². The number of anilines is 2. The summed E-state index contributed by atoms with van der Waals surface area (Å²) in [6.07, 6.45) is -10.9. The third kappa shape index (κ3) is 5.35. The third-order valence-corrected chi connectivity index (χ3v) is 9.42. The molecule has 3 fully saturated rings. The van der Waals surface area contributed by atoms with Gasteiger partial charge in [-0.15, -0.1) is 0 Å². The second-order valence-corrected chi connectivity index (χ2v) is 13.2. The van der Waals surface area contributed by atoms with Crippen LogP contribution >= 0.6 is 15.6 Å². The molecule has 0 aliphatic carbocycles. The number of hydrogen-bond donors (Lipinski definition) is 7. The number of nitrogens with two attached hydrogens (primary N) is 1. The van der Waals surface area contributed by atoms with Crippen LogP contribution in [0.15, 0.2) is 29.8 Å². The SMILES string of the molecule is C=C1NC(=O)c2ncn([C@@H]3O[C@@H]4COP(=O)(O)O[C@@H]5C(O)[C@H](n6cnc7c(=O)[nH]c(N)nc76)O[C@@H]5COP(=O)([O-])OC4[C@@H]3O)c2N1. The lowest BCUT2D eigenvalue weighted by atomic mass is 10.1. The number of aromatic amines is 1. The molecule has 10 atom stereocenters. The van der Waals surface area contributed by atoms with Crippen molar-refractivity contribution < 1.29 is 61.5 Å². The monoisotopic (exact) mass is 688 g/mol. The minimum absolute atomic E-state index is 0.0513. The van der Waals surface area contributed by atoms with Gasteiger partial charge >= 0.3 is 7.82 Å². The van der Waals surface area contributed by atoms with Crippen molar-refractivity contribution in [1.29, 1.82) is 0 Å². The fraction of sp³-hybridized carbons (Fsp3) is 0.476. The maximum absolute atomic E-state index is 13.1. The summed E-state index contributed by atoms with van der Waals surface area (Å²) in [6, 6.07) is 0. The molecule has 7 heterocycles. The van der Waals surface area contributed by atoms with Crippen molar-refractivity contribution in [2.75, 3.05) is 24.3 Å². The number of carbonyl (C=O) groups is 1. The molecule has 3 aromatic rings. The van der Waals surface area contributed by atoms with E-state index in [2.05, 4.69) is 37.1 Å². The van der Waals surface area contributed by atoms with Crippen LogP contribution < -0.4 is 26.8 Å². The van der Waals surface area contributed by atoms with E-state index >= 15 is 0 Å². The third-order valence-electron chi connectivity index (χ3n) is 7.46. The number of fused-ring (bicyclic) bond motifs is 4. The van der Waals surface area contributed by atoms with Crippen LogP contribution in [-0.2, 0) is 36.7 Å². The molecule has 25 heteroatoms. The summed E-state index contributed by atoms with van der Waals surface area (Å²) in [6.45, 7) is 1.82. The number of imidazole rings is 2. The van der Waals surface area contributed by atoms with Gasteiger partial charge < -0.3 is 54.9 Å². The summed E-state index contributed by atoms with van der Waals surface area (Å²) in [7, 11) is -10.4. The second-order valence-electron chi connectivity index (χ2n) is 10.4. The number of rotatable bonds is 2. The van der Waals surface area contributed by atoms with Crippen molar-refractivity contribution in [3.05, 3.63) is 41.1 Å². The van der Waals surface area contributed by atoms with Gasteiger partial charge in [0.2, 0.25) is 5.95 Å². The standard InChI is InChI=1S/C21H25N9O14P2/c1-6-25-15-9(17(33)26-6)23-4-29(15)19-11(31)13-7(41-19)2-39-46(37,38)44-14-8(3-40-45(35,36)43-13)42-20(12(14)32)30-5-24-10-16(30)27-21(22)28-18(10)34/h4-5,7-8,11-14,19-20,25,31-32H,1-3H2,(H,26,33)(H,35,36)(H,37,38)(H3,22,27,28,34)/p-1/t7-,8-,11+,12?,13?,14+,19-,20-/m1/s1. The highest BCUT2D eigenvalue weighted by molar-refractivity contribution is 7.47. The van der Waals surface area contributed by atoms with Crippen LogP contribution in [0.4, 0.5) is 11.8 Å². The highest BCUT2D eigenvalue weighted by atomic mass is 31.2. The maximum atomic E-state index is 13.1. The largest absolute Gasteiger partial charge is 0.756 e. The van der Waals surface area contributed by atoms with Gasteiger partial charge in [-0.2, -0.15) is 4.98 Å². The zero-order valence-electron chi connectivity index (χ0n) is 22.9. The van der Waals surface area contributed by atoms with Crippen molar-refractivity contribution in [3.8, 4) is 0 Å². The quantitative estimate of drug-likeness (QED) is 0.133. The number of nitrogen functional groups attached to an aromatic ring is 1. The highest BCUT2D eigenvalue weighted by Crippen LogP contribution is 2.52. The molecule has 23 nitrogen and oxygen atoms in total. The lowest BCUT2D eigenvalue weighted by Gasteiger charge is -2.32. The minimum Gasteiger partial charge on any atom is -0.756 e. The molecule has 1 amide bonds. The van der Waals surface area contributed by atoms with E-state index in [1.54, 1.807) is 0 Å². The normalized spacial score (nSPS) is 38.3. The van der Waals surface area contributed by atoms with Crippen LogP contribution in [0.2, 0.25) is 0 Å². The van der Waals surface area contributed by atoms with Gasteiger partial charge in [-0.25, -0.2) is 14.5 Å². The summed E-state index contributed by atoms with van der Waals surface area (Å²) >= 11 is 0. The fourth-order valence-electron chi connectivity index (χ4n) is 5.47. The molecule has 0 bridgehead atoms. The van der Waals surface area contributed by atoms with Crippen molar-refractivity contribution in [3.63, 3.8) is 0 Å². The lowest BCUT2D eigenvalue weighted by molar-refractivity contribution is -0.236. The van der Waals surface area contributed by atoms with Crippen molar-refractivity contribution in [2.24, 2.45) is 0 Å². The van der Waals surface area contributed by atoms with E-state index in [9.17, 15) is 38.7 Å². The van der Waals surface area contributed by atoms with E-state index in [1.165, 1.54) is 4.57 Å². The Morgan fingerprint density at radius 1 is 0.978 bits per heavy atom. The van der Waals surface area contributed by atoms with Crippen LogP contribution in [0.1, 0.15) is 22.9 Å². The summed E-state index contributed by atoms with van der Waals surface area (Å²) < 4.78 is 60.3. The van der Waals surface area contributed by atoms with Crippen LogP contribution in [0.25, 0.3) is 11.2 Å². The average Bonchev–Trinajstić information content (AvgIpc) is 3.72. The first-order valence-electron chi connectivity index (χ1n) is 13.2. The Hall–Kier alpha value is -3.57. The molecule has 7 rings (SSSR count). The number of carbonyl (C=O) groups excluding carboxylic acids is 1. The lowest BCUT2D eigenvalue weighted by Crippen LogP contribution is -2.40. The number of aliphatic hydroxyl groups is 2. The van der Waals surface area contributed by atoms with E-state index in [-0.39, 0.29) is 34.4 Å². The maximum Gasteiger partial charge on any atom is 0.472 e. The Kier molecular flexibility index (Phi) is 7.43. The molecule has 4 unspecified atom stereocenters. The van der Waals surface area contributed by atoms with E-state index in [0.29, 0.717) is 0 Å². The molecular formula is C21H24N9O14P2-. The molecule has 0 aromatic carbocycles. The molecule has 3 saturated heterocycles. The zero-order chi connectivity index (χ0) is 32.7. The smallest absolute Gasteiger partial charge is 0.472 e. The fourth-order valence-corrected chi connectivity index (χ4v) is 7.38. The molecule has 46 heavy (non-hydrogen) atoms. The van der Waals surface area contributed by atoms with Crippen molar-refractivity contribution in [1.82, 2.24) is 34.4 Å². The van der Waals surface area contributed by atoms with Gasteiger partial charge in [0.25, 0.3) is 19.3 Å². The Morgan fingerprint density at radius 3 is 2.33 bits per heavy atom. The average molecular weight is 688 g/mol. The Labute approximate surface area is 255 Å². The van der Waals surface area contributed by atoms with Gasteiger partial charge in [-0.1, -0.05) is 6.58 Å². The van der Waals surface area contributed by atoms with Crippen molar-refractivity contribution >= 4 is 44.5 Å². The van der Waals surface area contributed by atoms with Gasteiger partial charge in [0.1, 0.15) is 48.3 Å². The van der Waals surface area contributed by atoms with Gasteiger partial charge in [0, 0.05) is 0 Å². The molecular weight excluding hydrogens is 664 g/mol. The summed E-state index contributed by atoms with van der Waals surface area (Å²) in [4.78, 5) is 62.2. The van der Waals surface area contributed by atoms with E-state index in [0.717, 1.165) is 17.2 Å². The van der Waals surface area contributed by atoms with Crippen LogP contribution in [0, 0.1) is 0 Å². The first kappa shape index (κ1) is 31.1. The Balaban J connectivity index is 1.16. The molecule has 4 aliphatic heterocycles. The Bertz CT molecular complexity index is 1900. The van der Waals surface area contributed by atoms with Crippen LogP contribution in [0.5, 0.6) is 0 Å². The van der Waals surface area contributed by atoms with Crippen LogP contribution in [0.3, 0.4) is 0 Å². The molecule has 0 saturated carbocycles. The van der Waals surface area contributed by atoms with Gasteiger partial charge in [-0.3, -0.25) is 37.3 Å². The number of ether oxygens (including phenoxy) is 2. The first-order valence-corrected chi connectivity index (χ1v) is 16.2. The number of nitrogens with one attached hydrogen (secondary N) is 3. The predicted molar refractivity (Wildman–Crippen MR) is 144 cm³/mol. The van der Waals surface area contributed by atoms with Gasteiger partial charge in [-0.05, 0) is 0 Å². The molecule has 0 spiro atoms. The van der Waals surface area contributed by atoms with E-state index in [1.807, 2.05) is 0 Å².